The van der Waals surface area contributed by atoms with Crippen LogP contribution in [0.25, 0.3) is 0 Å². The van der Waals surface area contributed by atoms with E-state index in [0.717, 1.165) is 6.07 Å². The molecule has 0 radical (unpaired) electrons. The van der Waals surface area contributed by atoms with Gasteiger partial charge in [0.05, 0.1) is 4.92 Å². The van der Waals surface area contributed by atoms with Crippen molar-refractivity contribution in [2.75, 3.05) is 0 Å². The highest BCUT2D eigenvalue weighted by atomic mass is 16.6. The van der Waals surface area contributed by atoms with Crippen molar-refractivity contribution in [2.24, 2.45) is 0 Å². The number of carboxylic acids is 1. The molecule has 0 atom stereocenters. The Morgan fingerprint density at radius 2 is 1.93 bits per heavy atom. The predicted molar refractivity (Wildman–Crippen MR) is 51.2 cm³/mol. The number of hydrogen-bond acceptors (Lipinski definition) is 4. The highest BCUT2D eigenvalue weighted by Gasteiger charge is 2.22. The van der Waals surface area contributed by atoms with Gasteiger partial charge in [-0.3, -0.25) is 10.1 Å². The molecule has 0 saturated carbocycles. The summed E-state index contributed by atoms with van der Waals surface area (Å²) in [5, 5.41) is 28.7. The minimum absolute atomic E-state index is 0.210. The van der Waals surface area contributed by atoms with Gasteiger partial charge in [-0.25, -0.2) is 4.79 Å². The monoisotopic (exact) mass is 211 g/mol. The van der Waals surface area contributed by atoms with Crippen LogP contribution in [0.1, 0.15) is 21.5 Å². The molecule has 0 amide bonds. The zero-order valence-corrected chi connectivity index (χ0v) is 8.14. The van der Waals surface area contributed by atoms with Crippen LogP contribution in [0.3, 0.4) is 0 Å². The first-order valence-electron chi connectivity index (χ1n) is 4.07. The van der Waals surface area contributed by atoms with Crippen molar-refractivity contribution in [3.05, 3.63) is 32.9 Å². The Hall–Kier alpha value is -2.11. The number of carbonyl (C=O) groups is 1. The molecule has 1 aromatic carbocycles. The van der Waals surface area contributed by atoms with Gasteiger partial charge < -0.3 is 10.2 Å². The largest absolute Gasteiger partial charge is 0.507 e. The Kier molecular flexibility index (Phi) is 2.61. The number of nitro benzene ring substituents is 1. The van der Waals surface area contributed by atoms with Crippen molar-refractivity contribution >= 4 is 11.7 Å². The smallest absolute Gasteiger partial charge is 0.339 e. The van der Waals surface area contributed by atoms with Crippen LogP contribution in [0.5, 0.6) is 5.75 Å². The third-order valence-electron chi connectivity index (χ3n) is 2.27. The molecule has 0 bridgehead atoms. The quantitative estimate of drug-likeness (QED) is 0.571. The maximum absolute atomic E-state index is 10.7. The van der Waals surface area contributed by atoms with Gasteiger partial charge in [0.25, 0.3) is 5.69 Å². The van der Waals surface area contributed by atoms with E-state index in [4.69, 9.17) is 5.11 Å². The highest BCUT2D eigenvalue weighted by Crippen LogP contribution is 2.32. The Bertz CT molecular complexity index is 414. The lowest BCUT2D eigenvalue weighted by molar-refractivity contribution is -0.385. The molecular weight excluding hydrogens is 202 g/mol. The van der Waals surface area contributed by atoms with Crippen LogP contribution in [-0.2, 0) is 0 Å². The van der Waals surface area contributed by atoms with Crippen LogP contribution >= 0.6 is 0 Å². The molecule has 0 aliphatic heterocycles. The van der Waals surface area contributed by atoms with Gasteiger partial charge >= 0.3 is 5.97 Å². The van der Waals surface area contributed by atoms with E-state index in [2.05, 4.69) is 0 Å². The molecule has 0 aromatic heterocycles. The summed E-state index contributed by atoms with van der Waals surface area (Å²) in [4.78, 5) is 20.6. The minimum Gasteiger partial charge on any atom is -0.507 e. The lowest BCUT2D eigenvalue weighted by Crippen LogP contribution is -2.02. The van der Waals surface area contributed by atoms with Crippen LogP contribution in [-0.4, -0.2) is 21.1 Å². The molecular formula is C9H9NO5. The summed E-state index contributed by atoms with van der Waals surface area (Å²) in [7, 11) is 0. The number of nitrogens with zero attached hydrogens (tertiary/aromatic N) is 1. The summed E-state index contributed by atoms with van der Waals surface area (Å²) >= 11 is 0. The maximum Gasteiger partial charge on any atom is 0.339 e. The van der Waals surface area contributed by atoms with Gasteiger partial charge in [-0.1, -0.05) is 0 Å². The molecule has 15 heavy (non-hydrogen) atoms. The molecule has 0 spiro atoms. The molecule has 0 saturated heterocycles. The van der Waals surface area contributed by atoms with Gasteiger partial charge in [0.2, 0.25) is 0 Å². The third-order valence-corrected chi connectivity index (χ3v) is 2.27. The van der Waals surface area contributed by atoms with E-state index in [1.165, 1.54) is 13.8 Å². The van der Waals surface area contributed by atoms with E-state index < -0.39 is 22.2 Å². The minimum atomic E-state index is -1.39. The Labute approximate surface area is 84.9 Å². The zero-order chi connectivity index (χ0) is 11.7. The van der Waals surface area contributed by atoms with Gasteiger partial charge in [0.1, 0.15) is 11.3 Å². The molecule has 2 N–H and O–H groups in total. The van der Waals surface area contributed by atoms with Gasteiger partial charge in [-0.05, 0) is 13.8 Å². The molecule has 6 heteroatoms. The van der Waals surface area contributed by atoms with Gasteiger partial charge in [-0.2, -0.15) is 0 Å². The fraction of sp³-hybridized carbons (Fsp3) is 0.222. The third kappa shape index (κ3) is 1.74. The Balaban J connectivity index is 3.59. The van der Waals surface area contributed by atoms with Crippen LogP contribution in [0.4, 0.5) is 5.69 Å². The Morgan fingerprint density at radius 3 is 2.33 bits per heavy atom. The van der Waals surface area contributed by atoms with Crippen LogP contribution in [0.2, 0.25) is 0 Å². The van der Waals surface area contributed by atoms with E-state index in [0.29, 0.717) is 0 Å². The molecule has 80 valence electrons. The number of carboxylic acid groups (broad SMARTS) is 1. The topological polar surface area (TPSA) is 101 Å². The fourth-order valence-electron chi connectivity index (χ4n) is 1.24. The second-order valence-corrected chi connectivity index (χ2v) is 3.10. The number of rotatable bonds is 2. The van der Waals surface area contributed by atoms with Crippen molar-refractivity contribution in [3.8, 4) is 5.75 Å². The molecule has 0 heterocycles. The highest BCUT2D eigenvalue weighted by molar-refractivity contribution is 5.92. The number of hydrogen-bond donors (Lipinski definition) is 2. The molecule has 1 aromatic rings. The van der Waals surface area contributed by atoms with Gasteiger partial charge in [0.15, 0.2) is 0 Å². The van der Waals surface area contributed by atoms with E-state index in [1.807, 2.05) is 0 Å². The SMILES string of the molecule is Cc1c([N+](=O)[O-])cc(C(=O)O)c(O)c1C. The van der Waals surface area contributed by atoms with Crippen molar-refractivity contribution in [3.63, 3.8) is 0 Å². The van der Waals surface area contributed by atoms with E-state index in [-0.39, 0.29) is 16.8 Å². The van der Waals surface area contributed by atoms with E-state index >= 15 is 0 Å². The van der Waals surface area contributed by atoms with E-state index in [9.17, 15) is 20.0 Å². The number of aromatic hydroxyl groups is 1. The lowest BCUT2D eigenvalue weighted by atomic mass is 10.0. The summed E-state index contributed by atoms with van der Waals surface area (Å²) in [5.41, 5.74) is -0.281. The lowest BCUT2D eigenvalue weighted by Gasteiger charge is -2.07. The van der Waals surface area contributed by atoms with Crippen molar-refractivity contribution in [1.82, 2.24) is 0 Å². The van der Waals surface area contributed by atoms with Crippen molar-refractivity contribution in [1.29, 1.82) is 0 Å². The maximum atomic E-state index is 10.7. The zero-order valence-electron chi connectivity index (χ0n) is 8.14. The summed E-state index contributed by atoms with van der Waals surface area (Å²) in [6.45, 7) is 2.89. The first kappa shape index (κ1) is 11.0. The summed E-state index contributed by atoms with van der Waals surface area (Å²) < 4.78 is 0. The first-order chi connectivity index (χ1) is 6.86. The average Bonchev–Trinajstić information content (AvgIpc) is 2.13. The molecule has 6 nitrogen and oxygen atoms in total. The van der Waals surface area contributed by atoms with E-state index in [1.54, 1.807) is 0 Å². The number of nitro groups is 1. The van der Waals surface area contributed by atoms with Gasteiger partial charge in [0, 0.05) is 17.2 Å². The number of benzene rings is 1. The molecule has 0 unspecified atom stereocenters. The van der Waals surface area contributed by atoms with Crippen molar-refractivity contribution < 1.29 is 19.9 Å². The molecule has 0 aliphatic rings. The van der Waals surface area contributed by atoms with Gasteiger partial charge in [-0.15, -0.1) is 0 Å². The van der Waals surface area contributed by atoms with Crippen molar-refractivity contribution in [2.45, 2.75) is 13.8 Å². The molecule has 0 fully saturated rings. The standard InChI is InChI=1S/C9H9NO5/c1-4-5(2)8(11)6(9(12)13)3-7(4)10(14)15/h3,11H,1-2H3,(H,12,13). The summed E-state index contributed by atoms with van der Waals surface area (Å²) in [6, 6.07) is 0.861. The van der Waals surface area contributed by atoms with Crippen LogP contribution < -0.4 is 0 Å². The second-order valence-electron chi connectivity index (χ2n) is 3.10. The summed E-state index contributed by atoms with van der Waals surface area (Å²) in [5.74, 6) is -1.82. The summed E-state index contributed by atoms with van der Waals surface area (Å²) in [6.07, 6.45) is 0. The fourth-order valence-corrected chi connectivity index (χ4v) is 1.24. The van der Waals surface area contributed by atoms with Crippen LogP contribution in [0.15, 0.2) is 6.07 Å². The number of aromatic carboxylic acids is 1. The molecule has 0 aliphatic carbocycles. The average molecular weight is 211 g/mol. The Morgan fingerprint density at radius 1 is 1.40 bits per heavy atom. The normalized spacial score (nSPS) is 10.0. The molecule has 1 rings (SSSR count). The number of phenols is 1. The van der Waals surface area contributed by atoms with Crippen LogP contribution in [0, 0.1) is 24.0 Å². The second kappa shape index (κ2) is 3.56. The first-order valence-corrected chi connectivity index (χ1v) is 4.07. The predicted octanol–water partition coefficient (Wildman–Crippen LogP) is 1.62.